The van der Waals surface area contributed by atoms with E-state index in [4.69, 9.17) is 4.74 Å². The number of carbonyl (C=O) groups excluding carboxylic acids is 1. The van der Waals surface area contributed by atoms with Crippen LogP contribution in [0.1, 0.15) is 16.1 Å². The molecule has 0 radical (unpaired) electrons. The number of carbonyl (C=O) groups is 1. The van der Waals surface area contributed by atoms with E-state index in [1.165, 1.54) is 0 Å². The van der Waals surface area contributed by atoms with Gasteiger partial charge in [0.15, 0.2) is 0 Å². The van der Waals surface area contributed by atoms with Gasteiger partial charge in [0.25, 0.3) is 0 Å². The summed E-state index contributed by atoms with van der Waals surface area (Å²) in [6.45, 7) is 4.48. The van der Waals surface area contributed by atoms with Crippen LogP contribution in [-0.4, -0.2) is 18.5 Å². The van der Waals surface area contributed by atoms with Crippen LogP contribution in [0.15, 0.2) is 6.07 Å². The molecule has 18 heavy (non-hydrogen) atoms. The van der Waals surface area contributed by atoms with Crippen molar-refractivity contribution in [2.24, 2.45) is 0 Å². The van der Waals surface area contributed by atoms with Gasteiger partial charge in [-0.1, -0.05) is 0 Å². The number of nitrogens with zero attached hydrogens (tertiary/aromatic N) is 1. The zero-order valence-corrected chi connectivity index (χ0v) is 11.4. The predicted molar refractivity (Wildman–Crippen MR) is 72.6 cm³/mol. The monoisotopic (exact) mass is 265 g/mol. The van der Waals surface area contributed by atoms with Crippen LogP contribution in [0.3, 0.4) is 0 Å². The van der Waals surface area contributed by atoms with Gasteiger partial charge in [0, 0.05) is 23.1 Å². The van der Waals surface area contributed by atoms with Crippen LogP contribution in [0, 0.1) is 13.8 Å². The van der Waals surface area contributed by atoms with Crippen molar-refractivity contribution < 1.29 is 9.53 Å². The average molecular weight is 265 g/mol. The van der Waals surface area contributed by atoms with Crippen molar-refractivity contribution >= 4 is 33.7 Å². The second kappa shape index (κ2) is 5.32. The van der Waals surface area contributed by atoms with Gasteiger partial charge in [-0.15, -0.1) is 11.3 Å². The fraction of sp³-hybridized carbons (Fsp3) is 0.333. The maximum atomic E-state index is 10.4. The molecule has 0 atom stereocenters. The van der Waals surface area contributed by atoms with Crippen LogP contribution in [-0.2, 0) is 16.1 Å². The van der Waals surface area contributed by atoms with E-state index in [9.17, 15) is 4.79 Å². The standard InChI is InChI=1S/C12H15N3O2S/c1-7-4-9(5-17-3)10-11(15-13-6-16)8(2)18-12(10)14-7/h4,6,15H,5H2,1-3H3,(H,13,16). The third kappa shape index (κ3) is 2.30. The van der Waals surface area contributed by atoms with E-state index >= 15 is 0 Å². The molecule has 2 heterocycles. The fourth-order valence-corrected chi connectivity index (χ4v) is 3.01. The maximum Gasteiger partial charge on any atom is 0.225 e. The van der Waals surface area contributed by atoms with Gasteiger partial charge in [0.1, 0.15) is 4.83 Å². The summed E-state index contributed by atoms with van der Waals surface area (Å²) in [6.07, 6.45) is 0.612. The smallest absolute Gasteiger partial charge is 0.225 e. The zero-order valence-electron chi connectivity index (χ0n) is 10.5. The topological polar surface area (TPSA) is 63.2 Å². The molecule has 2 aromatic heterocycles. The van der Waals surface area contributed by atoms with E-state index < -0.39 is 0 Å². The minimum Gasteiger partial charge on any atom is -0.380 e. The molecule has 2 aromatic rings. The van der Waals surface area contributed by atoms with Crippen molar-refractivity contribution in [3.8, 4) is 0 Å². The minimum atomic E-state index is 0.520. The van der Waals surface area contributed by atoms with Gasteiger partial charge >= 0.3 is 0 Å². The number of aryl methyl sites for hydroxylation is 2. The van der Waals surface area contributed by atoms with Gasteiger partial charge in [0.2, 0.25) is 6.41 Å². The van der Waals surface area contributed by atoms with Gasteiger partial charge in [-0.05, 0) is 25.5 Å². The summed E-state index contributed by atoms with van der Waals surface area (Å²) in [5, 5.41) is 1.01. The Balaban J connectivity index is 2.61. The first-order chi connectivity index (χ1) is 8.67. The number of aromatic nitrogens is 1. The molecule has 0 aliphatic rings. The lowest BCUT2D eigenvalue weighted by molar-refractivity contribution is -0.109. The molecule has 0 aliphatic carbocycles. The summed E-state index contributed by atoms with van der Waals surface area (Å²) in [5.74, 6) is 0. The van der Waals surface area contributed by atoms with E-state index in [1.54, 1.807) is 18.4 Å². The largest absolute Gasteiger partial charge is 0.380 e. The number of pyridine rings is 1. The van der Waals surface area contributed by atoms with Gasteiger partial charge in [-0.2, -0.15) is 0 Å². The Morgan fingerprint density at radius 2 is 2.28 bits per heavy atom. The average Bonchev–Trinajstić information content (AvgIpc) is 2.62. The van der Waals surface area contributed by atoms with Crippen molar-refractivity contribution in [3.05, 3.63) is 22.2 Å². The Labute approximate surface area is 109 Å². The normalized spacial score (nSPS) is 10.6. The molecule has 1 amide bonds. The number of ether oxygens (including phenoxy) is 1. The fourth-order valence-electron chi connectivity index (χ4n) is 1.94. The van der Waals surface area contributed by atoms with E-state index in [1.807, 2.05) is 19.9 Å². The van der Waals surface area contributed by atoms with E-state index in [-0.39, 0.29) is 0 Å². The summed E-state index contributed by atoms with van der Waals surface area (Å²) in [7, 11) is 1.66. The highest BCUT2D eigenvalue weighted by Crippen LogP contribution is 2.36. The molecule has 6 heteroatoms. The highest BCUT2D eigenvalue weighted by atomic mass is 32.1. The first-order valence-electron chi connectivity index (χ1n) is 5.51. The molecule has 0 saturated heterocycles. The highest BCUT2D eigenvalue weighted by Gasteiger charge is 2.14. The van der Waals surface area contributed by atoms with E-state index in [2.05, 4.69) is 15.8 Å². The van der Waals surface area contributed by atoms with Crippen molar-refractivity contribution in [1.29, 1.82) is 0 Å². The number of amides is 1. The molecule has 5 nitrogen and oxygen atoms in total. The van der Waals surface area contributed by atoms with Gasteiger partial charge in [-0.3, -0.25) is 15.6 Å². The van der Waals surface area contributed by atoms with Crippen molar-refractivity contribution in [2.75, 3.05) is 12.5 Å². The Bertz CT molecular complexity index is 580. The van der Waals surface area contributed by atoms with Crippen LogP contribution in [0.5, 0.6) is 0 Å². The first kappa shape index (κ1) is 12.8. The van der Waals surface area contributed by atoms with Crippen LogP contribution >= 0.6 is 11.3 Å². The Morgan fingerprint density at radius 3 is 2.94 bits per heavy atom. The summed E-state index contributed by atoms with van der Waals surface area (Å²) in [6, 6.07) is 2.00. The molecular weight excluding hydrogens is 250 g/mol. The third-order valence-corrected chi connectivity index (χ3v) is 3.60. The molecule has 0 bridgehead atoms. The van der Waals surface area contributed by atoms with Crippen LogP contribution < -0.4 is 10.9 Å². The van der Waals surface area contributed by atoms with Gasteiger partial charge in [-0.25, -0.2) is 4.98 Å². The molecule has 2 N–H and O–H groups in total. The molecule has 0 spiro atoms. The number of anilines is 1. The lowest BCUT2D eigenvalue weighted by Crippen LogP contribution is -2.19. The minimum absolute atomic E-state index is 0.520. The predicted octanol–water partition coefficient (Wildman–Crippen LogP) is 2.13. The third-order valence-electron chi connectivity index (χ3n) is 2.60. The lowest BCUT2D eigenvalue weighted by atomic mass is 10.1. The SMILES string of the molecule is COCc1cc(C)nc2sc(C)c(NNC=O)c12. The Hall–Kier alpha value is -1.66. The highest BCUT2D eigenvalue weighted by molar-refractivity contribution is 7.19. The molecule has 0 saturated carbocycles. The molecule has 0 aliphatic heterocycles. The maximum absolute atomic E-state index is 10.4. The van der Waals surface area contributed by atoms with Crippen LogP contribution in [0.25, 0.3) is 10.2 Å². The zero-order chi connectivity index (χ0) is 13.1. The van der Waals surface area contributed by atoms with Crippen LogP contribution in [0.2, 0.25) is 0 Å². The summed E-state index contributed by atoms with van der Waals surface area (Å²) in [5.41, 5.74) is 8.30. The summed E-state index contributed by atoms with van der Waals surface area (Å²) >= 11 is 1.60. The number of rotatable bonds is 5. The molecule has 0 fully saturated rings. The van der Waals surface area contributed by atoms with E-state index in [0.717, 1.165) is 32.0 Å². The number of hydrazine groups is 1. The second-order valence-electron chi connectivity index (χ2n) is 3.96. The molecule has 0 aromatic carbocycles. The Kier molecular flexibility index (Phi) is 3.78. The van der Waals surface area contributed by atoms with Gasteiger partial charge < -0.3 is 4.74 Å². The van der Waals surface area contributed by atoms with Crippen LogP contribution in [0.4, 0.5) is 5.69 Å². The Morgan fingerprint density at radius 1 is 1.50 bits per heavy atom. The number of fused-ring (bicyclic) bond motifs is 1. The number of methoxy groups -OCH3 is 1. The van der Waals surface area contributed by atoms with Crippen molar-refractivity contribution in [2.45, 2.75) is 20.5 Å². The molecule has 96 valence electrons. The number of hydrogen-bond acceptors (Lipinski definition) is 5. The first-order valence-corrected chi connectivity index (χ1v) is 6.32. The number of hydrogen-bond donors (Lipinski definition) is 2. The van der Waals surface area contributed by atoms with Crippen molar-refractivity contribution in [3.63, 3.8) is 0 Å². The molecule has 0 unspecified atom stereocenters. The number of thiophene rings is 1. The lowest BCUT2D eigenvalue weighted by Gasteiger charge is -2.08. The number of nitrogens with one attached hydrogen (secondary N) is 2. The molecule has 2 rings (SSSR count). The summed E-state index contributed by atoms with van der Waals surface area (Å²) in [4.78, 5) is 16.9. The van der Waals surface area contributed by atoms with E-state index in [0.29, 0.717) is 13.0 Å². The van der Waals surface area contributed by atoms with Crippen molar-refractivity contribution in [1.82, 2.24) is 10.4 Å². The molecular formula is C12H15N3O2S. The quantitative estimate of drug-likeness (QED) is 0.642. The summed E-state index contributed by atoms with van der Waals surface area (Å²) < 4.78 is 5.22. The van der Waals surface area contributed by atoms with Gasteiger partial charge in [0.05, 0.1) is 12.3 Å². The second-order valence-corrected chi connectivity index (χ2v) is 5.16.